The Morgan fingerprint density at radius 1 is 1.04 bits per heavy atom. The van der Waals surface area contributed by atoms with Crippen LogP contribution >= 0.6 is 0 Å². The Labute approximate surface area is 150 Å². The van der Waals surface area contributed by atoms with E-state index in [4.69, 9.17) is 4.74 Å². The highest BCUT2D eigenvalue weighted by molar-refractivity contribution is 5.31. The molecule has 1 heterocycles. The summed E-state index contributed by atoms with van der Waals surface area (Å²) in [6, 6.07) is 15.3. The van der Waals surface area contributed by atoms with Gasteiger partial charge < -0.3 is 10.1 Å². The molecule has 134 valence electrons. The molecule has 0 saturated carbocycles. The van der Waals surface area contributed by atoms with Gasteiger partial charge in [-0.3, -0.25) is 0 Å². The van der Waals surface area contributed by atoms with Gasteiger partial charge in [0.1, 0.15) is 11.6 Å². The number of piperidine rings is 1. The van der Waals surface area contributed by atoms with Gasteiger partial charge >= 0.3 is 0 Å². The fourth-order valence-corrected chi connectivity index (χ4v) is 3.50. The number of hydrogen-bond acceptors (Lipinski definition) is 2. The Hall–Kier alpha value is -1.87. The molecule has 1 aliphatic heterocycles. The van der Waals surface area contributed by atoms with Crippen LogP contribution < -0.4 is 10.1 Å². The Kier molecular flexibility index (Phi) is 5.43. The summed E-state index contributed by atoms with van der Waals surface area (Å²) in [5, 5.41) is 3.46. The minimum atomic E-state index is -0.176. The van der Waals surface area contributed by atoms with Crippen LogP contribution in [0.1, 0.15) is 44.2 Å². The molecule has 0 bridgehead atoms. The molecule has 0 aliphatic carbocycles. The highest BCUT2D eigenvalue weighted by Crippen LogP contribution is 2.31. The van der Waals surface area contributed by atoms with E-state index in [1.54, 1.807) is 12.1 Å². The van der Waals surface area contributed by atoms with Gasteiger partial charge in [0.25, 0.3) is 0 Å². The molecule has 1 aliphatic rings. The van der Waals surface area contributed by atoms with Crippen LogP contribution in [0, 0.1) is 11.7 Å². The number of benzene rings is 2. The predicted octanol–water partition coefficient (Wildman–Crippen LogP) is 4.90. The Balaban J connectivity index is 1.65. The van der Waals surface area contributed by atoms with Crippen molar-refractivity contribution in [1.29, 1.82) is 0 Å². The van der Waals surface area contributed by atoms with E-state index < -0.39 is 0 Å². The topological polar surface area (TPSA) is 21.3 Å². The van der Waals surface area contributed by atoms with Crippen LogP contribution in [-0.4, -0.2) is 19.7 Å². The molecule has 25 heavy (non-hydrogen) atoms. The molecular formula is C22H28FNO. The minimum Gasteiger partial charge on any atom is -0.493 e. The lowest BCUT2D eigenvalue weighted by Gasteiger charge is -2.32. The zero-order valence-corrected chi connectivity index (χ0v) is 15.4. The molecule has 2 aromatic rings. The summed E-state index contributed by atoms with van der Waals surface area (Å²) in [6.45, 7) is 9.24. The van der Waals surface area contributed by atoms with E-state index in [1.807, 2.05) is 12.1 Å². The molecule has 0 aromatic heterocycles. The van der Waals surface area contributed by atoms with Gasteiger partial charge in [-0.15, -0.1) is 0 Å². The zero-order valence-electron chi connectivity index (χ0n) is 15.4. The number of nitrogens with one attached hydrogen (secondary N) is 1. The lowest BCUT2D eigenvalue weighted by Crippen LogP contribution is -2.38. The van der Waals surface area contributed by atoms with Crippen molar-refractivity contribution in [2.45, 2.75) is 38.5 Å². The van der Waals surface area contributed by atoms with E-state index in [0.29, 0.717) is 18.4 Å². The highest BCUT2D eigenvalue weighted by atomic mass is 19.1. The molecule has 0 unspecified atom stereocenters. The van der Waals surface area contributed by atoms with Gasteiger partial charge in [-0.1, -0.05) is 45.0 Å². The predicted molar refractivity (Wildman–Crippen MR) is 101 cm³/mol. The van der Waals surface area contributed by atoms with Crippen molar-refractivity contribution < 1.29 is 9.13 Å². The number of rotatable bonds is 4. The Morgan fingerprint density at radius 2 is 1.72 bits per heavy atom. The summed E-state index contributed by atoms with van der Waals surface area (Å²) in [7, 11) is 0. The number of hydrogen-bond donors (Lipinski definition) is 1. The SMILES string of the molecule is CC(C)(C)c1ccc(OC[C@@H]2CNCC[C@H]2c2ccc(F)cc2)cc1. The summed E-state index contributed by atoms with van der Waals surface area (Å²) in [6.07, 6.45) is 1.06. The molecule has 3 heteroatoms. The van der Waals surface area contributed by atoms with Crippen LogP contribution in [0.15, 0.2) is 48.5 Å². The van der Waals surface area contributed by atoms with Crippen molar-refractivity contribution in [1.82, 2.24) is 5.32 Å². The van der Waals surface area contributed by atoms with Crippen molar-refractivity contribution >= 4 is 0 Å². The maximum absolute atomic E-state index is 13.2. The van der Waals surface area contributed by atoms with Crippen LogP contribution in [0.5, 0.6) is 5.75 Å². The third-order valence-electron chi connectivity index (χ3n) is 5.09. The van der Waals surface area contributed by atoms with Crippen molar-refractivity contribution in [2.75, 3.05) is 19.7 Å². The average Bonchev–Trinajstić information content (AvgIpc) is 2.61. The Morgan fingerprint density at radius 3 is 2.36 bits per heavy atom. The molecule has 1 N–H and O–H groups in total. The van der Waals surface area contributed by atoms with Crippen LogP contribution in [-0.2, 0) is 5.41 Å². The van der Waals surface area contributed by atoms with E-state index in [0.717, 1.165) is 25.3 Å². The van der Waals surface area contributed by atoms with Gasteiger partial charge in [0.2, 0.25) is 0 Å². The van der Waals surface area contributed by atoms with Crippen LogP contribution in [0.25, 0.3) is 0 Å². The molecule has 0 amide bonds. The normalized spacial score (nSPS) is 21.1. The van der Waals surface area contributed by atoms with E-state index in [-0.39, 0.29) is 11.2 Å². The smallest absolute Gasteiger partial charge is 0.123 e. The number of ether oxygens (including phenoxy) is 1. The second kappa shape index (κ2) is 7.57. The van der Waals surface area contributed by atoms with Gasteiger partial charge in [0.15, 0.2) is 0 Å². The molecular weight excluding hydrogens is 313 g/mol. The second-order valence-electron chi connectivity index (χ2n) is 8.00. The maximum atomic E-state index is 13.2. The van der Waals surface area contributed by atoms with E-state index in [9.17, 15) is 4.39 Å². The van der Waals surface area contributed by atoms with E-state index >= 15 is 0 Å². The molecule has 1 saturated heterocycles. The second-order valence-corrected chi connectivity index (χ2v) is 8.00. The monoisotopic (exact) mass is 341 g/mol. The summed E-state index contributed by atoms with van der Waals surface area (Å²) < 4.78 is 19.3. The standard InChI is InChI=1S/C22H28FNO/c1-22(2,3)18-6-10-20(11-7-18)25-15-17-14-24-13-12-21(17)16-4-8-19(23)9-5-16/h4-11,17,21,24H,12-15H2,1-3H3/t17-,21-/m0/s1. The molecule has 3 rings (SSSR count). The fraction of sp³-hybridized carbons (Fsp3) is 0.455. The molecule has 0 spiro atoms. The van der Waals surface area contributed by atoms with Gasteiger partial charge in [-0.2, -0.15) is 0 Å². The van der Waals surface area contributed by atoms with Gasteiger partial charge in [0, 0.05) is 12.5 Å². The first kappa shape index (κ1) is 17.9. The van der Waals surface area contributed by atoms with Crippen LogP contribution in [0.3, 0.4) is 0 Å². The summed E-state index contributed by atoms with van der Waals surface area (Å²) in [5.41, 5.74) is 2.67. The van der Waals surface area contributed by atoms with Crippen LogP contribution in [0.2, 0.25) is 0 Å². The molecule has 0 radical (unpaired) electrons. The van der Waals surface area contributed by atoms with E-state index in [1.165, 1.54) is 11.1 Å². The largest absolute Gasteiger partial charge is 0.493 e. The summed E-state index contributed by atoms with van der Waals surface area (Å²) in [5.74, 6) is 1.54. The van der Waals surface area contributed by atoms with Crippen LogP contribution in [0.4, 0.5) is 4.39 Å². The fourth-order valence-electron chi connectivity index (χ4n) is 3.50. The van der Waals surface area contributed by atoms with Crippen molar-refractivity contribution in [3.63, 3.8) is 0 Å². The highest BCUT2D eigenvalue weighted by Gasteiger charge is 2.27. The third kappa shape index (κ3) is 4.60. The van der Waals surface area contributed by atoms with Gasteiger partial charge in [-0.05, 0) is 59.7 Å². The average molecular weight is 341 g/mol. The first-order chi connectivity index (χ1) is 11.9. The van der Waals surface area contributed by atoms with Crippen molar-refractivity contribution in [2.24, 2.45) is 5.92 Å². The quantitative estimate of drug-likeness (QED) is 0.854. The minimum absolute atomic E-state index is 0.152. The first-order valence-electron chi connectivity index (χ1n) is 9.13. The van der Waals surface area contributed by atoms with Crippen molar-refractivity contribution in [3.05, 3.63) is 65.5 Å². The Bertz CT molecular complexity index is 673. The maximum Gasteiger partial charge on any atom is 0.123 e. The summed E-state index contributed by atoms with van der Waals surface area (Å²) in [4.78, 5) is 0. The van der Waals surface area contributed by atoms with Gasteiger partial charge in [0.05, 0.1) is 6.61 Å². The number of halogens is 1. The van der Waals surface area contributed by atoms with Crippen molar-refractivity contribution in [3.8, 4) is 5.75 Å². The molecule has 2 aromatic carbocycles. The zero-order chi connectivity index (χ0) is 17.9. The first-order valence-corrected chi connectivity index (χ1v) is 9.13. The molecule has 1 fully saturated rings. The van der Waals surface area contributed by atoms with E-state index in [2.05, 4.69) is 50.4 Å². The lowest BCUT2D eigenvalue weighted by molar-refractivity contribution is 0.197. The third-order valence-corrected chi connectivity index (χ3v) is 5.09. The lowest BCUT2D eigenvalue weighted by atomic mass is 9.81. The van der Waals surface area contributed by atoms with Gasteiger partial charge in [-0.25, -0.2) is 4.39 Å². The molecule has 2 atom stereocenters. The molecule has 2 nitrogen and oxygen atoms in total. The summed E-state index contributed by atoms with van der Waals surface area (Å²) >= 11 is 0.